The first-order chi connectivity index (χ1) is 9.60. The summed E-state index contributed by atoms with van der Waals surface area (Å²) in [4.78, 5) is 22.1. The molecular formula is C14H23N5O. The van der Waals surface area contributed by atoms with E-state index in [0.717, 1.165) is 37.3 Å². The Morgan fingerprint density at radius 1 is 1.40 bits per heavy atom. The molecule has 1 saturated carbocycles. The summed E-state index contributed by atoms with van der Waals surface area (Å²) in [6.07, 6.45) is 6.25. The van der Waals surface area contributed by atoms with Gasteiger partial charge in [0.05, 0.1) is 6.54 Å². The van der Waals surface area contributed by atoms with Crippen molar-refractivity contribution in [3.05, 3.63) is 11.9 Å². The van der Waals surface area contributed by atoms with Gasteiger partial charge in [-0.05, 0) is 19.3 Å². The van der Waals surface area contributed by atoms with Gasteiger partial charge < -0.3 is 16.4 Å². The average Bonchev–Trinajstić information content (AvgIpc) is 2.89. The van der Waals surface area contributed by atoms with Crippen LogP contribution in [0.25, 0.3) is 0 Å². The lowest BCUT2D eigenvalue weighted by atomic mass is 10.2. The normalized spacial score (nSPS) is 15.4. The number of hydrogen-bond donors (Lipinski definition) is 2. The highest BCUT2D eigenvalue weighted by atomic mass is 16.1. The molecule has 1 fully saturated rings. The summed E-state index contributed by atoms with van der Waals surface area (Å²) in [5, 5.41) is 0. The fraction of sp³-hybridized carbons (Fsp3) is 0.643. The molecule has 1 aromatic rings. The topological polar surface area (TPSA) is 98.1 Å². The summed E-state index contributed by atoms with van der Waals surface area (Å²) in [6.45, 7) is 2.26. The van der Waals surface area contributed by atoms with E-state index in [1.54, 1.807) is 6.07 Å². The van der Waals surface area contributed by atoms with Gasteiger partial charge in [0, 0.05) is 18.5 Å². The molecular weight excluding hydrogens is 254 g/mol. The highest BCUT2D eigenvalue weighted by molar-refractivity contribution is 5.79. The maximum atomic E-state index is 11.3. The van der Waals surface area contributed by atoms with E-state index in [2.05, 4.69) is 16.9 Å². The van der Waals surface area contributed by atoms with E-state index in [4.69, 9.17) is 11.5 Å². The Bertz CT molecular complexity index is 471. The molecule has 0 atom stereocenters. The Balaban J connectivity index is 2.28. The van der Waals surface area contributed by atoms with Crippen LogP contribution in [0.3, 0.4) is 0 Å². The number of nitrogens with two attached hydrogens (primary N) is 2. The molecule has 1 amide bonds. The van der Waals surface area contributed by atoms with Crippen LogP contribution in [0.1, 0.15) is 44.9 Å². The van der Waals surface area contributed by atoms with Gasteiger partial charge in [0.15, 0.2) is 0 Å². The zero-order valence-corrected chi connectivity index (χ0v) is 12.0. The first kappa shape index (κ1) is 14.6. The number of aromatic nitrogens is 2. The second kappa shape index (κ2) is 6.54. The quantitative estimate of drug-likeness (QED) is 0.815. The third-order valence-electron chi connectivity index (χ3n) is 3.64. The number of anilines is 2. The zero-order valence-electron chi connectivity index (χ0n) is 12.0. The number of nitrogen functional groups attached to an aromatic ring is 1. The van der Waals surface area contributed by atoms with Crippen LogP contribution in [0.5, 0.6) is 0 Å². The number of amides is 1. The van der Waals surface area contributed by atoms with Crippen LogP contribution >= 0.6 is 0 Å². The third-order valence-corrected chi connectivity index (χ3v) is 3.64. The molecule has 0 radical (unpaired) electrons. The average molecular weight is 277 g/mol. The lowest BCUT2D eigenvalue weighted by molar-refractivity contribution is -0.116. The lowest BCUT2D eigenvalue weighted by Gasteiger charge is -2.29. The van der Waals surface area contributed by atoms with Crippen LogP contribution in [0, 0.1) is 0 Å². The van der Waals surface area contributed by atoms with Crippen LogP contribution in [-0.2, 0) is 11.2 Å². The fourth-order valence-corrected chi connectivity index (χ4v) is 2.77. The summed E-state index contributed by atoms with van der Waals surface area (Å²) in [5.41, 5.74) is 11.2. The van der Waals surface area contributed by atoms with Gasteiger partial charge in [0.2, 0.25) is 5.91 Å². The molecule has 1 aliphatic carbocycles. The minimum absolute atomic E-state index is 0.187. The molecule has 20 heavy (non-hydrogen) atoms. The molecule has 1 aliphatic rings. The van der Waals surface area contributed by atoms with E-state index in [1.807, 2.05) is 4.90 Å². The second-order valence-corrected chi connectivity index (χ2v) is 5.35. The Morgan fingerprint density at radius 2 is 2.10 bits per heavy atom. The number of hydrogen-bond acceptors (Lipinski definition) is 5. The molecule has 6 nitrogen and oxygen atoms in total. The Hall–Kier alpha value is -1.85. The van der Waals surface area contributed by atoms with Crippen LogP contribution in [0.2, 0.25) is 0 Å². The van der Waals surface area contributed by atoms with E-state index in [-0.39, 0.29) is 12.5 Å². The van der Waals surface area contributed by atoms with Crippen molar-refractivity contribution in [3.63, 3.8) is 0 Å². The molecule has 0 unspecified atom stereocenters. The second-order valence-electron chi connectivity index (χ2n) is 5.35. The molecule has 4 N–H and O–H groups in total. The summed E-state index contributed by atoms with van der Waals surface area (Å²) >= 11 is 0. The number of nitrogens with zero attached hydrogens (tertiary/aromatic N) is 3. The maximum Gasteiger partial charge on any atom is 0.237 e. The highest BCUT2D eigenvalue weighted by Gasteiger charge is 2.25. The predicted molar refractivity (Wildman–Crippen MR) is 79.2 cm³/mol. The SMILES string of the molecule is CCCc1nc(N)cc(N(CC(N)=O)C2CCCC2)n1. The van der Waals surface area contributed by atoms with Crippen molar-refractivity contribution in [2.45, 2.75) is 51.5 Å². The largest absolute Gasteiger partial charge is 0.384 e. The van der Waals surface area contributed by atoms with Gasteiger partial charge in [-0.15, -0.1) is 0 Å². The smallest absolute Gasteiger partial charge is 0.237 e. The van der Waals surface area contributed by atoms with Gasteiger partial charge in [-0.1, -0.05) is 19.8 Å². The van der Waals surface area contributed by atoms with Crippen molar-refractivity contribution >= 4 is 17.5 Å². The lowest BCUT2D eigenvalue weighted by Crippen LogP contribution is -2.41. The van der Waals surface area contributed by atoms with Gasteiger partial charge in [-0.25, -0.2) is 9.97 Å². The van der Waals surface area contributed by atoms with Crippen LogP contribution in [0.4, 0.5) is 11.6 Å². The molecule has 2 rings (SSSR count). The summed E-state index contributed by atoms with van der Waals surface area (Å²) in [6, 6.07) is 2.06. The van der Waals surface area contributed by atoms with Gasteiger partial charge in [-0.3, -0.25) is 4.79 Å². The summed E-state index contributed by atoms with van der Waals surface area (Å²) < 4.78 is 0. The number of rotatable bonds is 6. The minimum Gasteiger partial charge on any atom is -0.384 e. The van der Waals surface area contributed by atoms with Gasteiger partial charge >= 0.3 is 0 Å². The molecule has 1 heterocycles. The predicted octanol–water partition coefficient (Wildman–Crippen LogP) is 1.25. The fourth-order valence-electron chi connectivity index (χ4n) is 2.77. The molecule has 0 spiro atoms. The molecule has 1 aromatic heterocycles. The van der Waals surface area contributed by atoms with Crippen LogP contribution in [-0.4, -0.2) is 28.5 Å². The molecule has 0 aliphatic heterocycles. The number of primary amides is 1. The van der Waals surface area contributed by atoms with Crippen molar-refractivity contribution < 1.29 is 4.79 Å². The Morgan fingerprint density at radius 3 is 2.70 bits per heavy atom. The first-order valence-electron chi connectivity index (χ1n) is 7.28. The number of carbonyl (C=O) groups excluding carboxylic acids is 1. The van der Waals surface area contributed by atoms with Crippen molar-refractivity contribution in [1.82, 2.24) is 9.97 Å². The Kier molecular flexibility index (Phi) is 4.76. The monoisotopic (exact) mass is 277 g/mol. The van der Waals surface area contributed by atoms with Gasteiger partial charge in [0.25, 0.3) is 0 Å². The highest BCUT2D eigenvalue weighted by Crippen LogP contribution is 2.27. The first-order valence-corrected chi connectivity index (χ1v) is 7.28. The number of aryl methyl sites for hydroxylation is 1. The molecule has 0 saturated heterocycles. The van der Waals surface area contributed by atoms with E-state index >= 15 is 0 Å². The summed E-state index contributed by atoms with van der Waals surface area (Å²) in [7, 11) is 0. The van der Waals surface area contributed by atoms with Crippen molar-refractivity contribution in [2.24, 2.45) is 5.73 Å². The van der Waals surface area contributed by atoms with Crippen LogP contribution in [0.15, 0.2) is 6.07 Å². The van der Waals surface area contributed by atoms with E-state index < -0.39 is 0 Å². The minimum atomic E-state index is -0.342. The van der Waals surface area contributed by atoms with Gasteiger partial charge in [0.1, 0.15) is 17.5 Å². The van der Waals surface area contributed by atoms with E-state index in [1.165, 1.54) is 12.8 Å². The standard InChI is InChI=1S/C14H23N5O/c1-2-5-13-17-11(15)8-14(18-13)19(9-12(16)20)10-6-3-4-7-10/h8,10H,2-7,9H2,1H3,(H2,16,20)(H2,15,17,18). The molecule has 0 bridgehead atoms. The van der Waals surface area contributed by atoms with Gasteiger partial charge in [-0.2, -0.15) is 0 Å². The maximum absolute atomic E-state index is 11.3. The van der Waals surface area contributed by atoms with Crippen LogP contribution < -0.4 is 16.4 Å². The zero-order chi connectivity index (χ0) is 14.5. The van der Waals surface area contributed by atoms with Crippen molar-refractivity contribution in [3.8, 4) is 0 Å². The molecule has 110 valence electrons. The molecule has 6 heteroatoms. The Labute approximate surface area is 119 Å². The third kappa shape index (κ3) is 3.59. The number of carbonyl (C=O) groups is 1. The van der Waals surface area contributed by atoms with E-state index in [9.17, 15) is 4.79 Å². The molecule has 0 aromatic carbocycles. The van der Waals surface area contributed by atoms with Crippen molar-refractivity contribution in [2.75, 3.05) is 17.2 Å². The summed E-state index contributed by atoms with van der Waals surface area (Å²) in [5.74, 6) is 1.57. The van der Waals surface area contributed by atoms with E-state index in [0.29, 0.717) is 11.9 Å². The van der Waals surface area contributed by atoms with Crippen molar-refractivity contribution in [1.29, 1.82) is 0 Å².